The Morgan fingerprint density at radius 1 is 1.21 bits per heavy atom. The van der Waals surface area contributed by atoms with Gasteiger partial charge in [-0.15, -0.1) is 0 Å². The molecule has 0 aliphatic carbocycles. The third-order valence-corrected chi connectivity index (χ3v) is 5.94. The largest absolute Gasteiger partial charge is 0.269 e. The molecule has 2 aromatic rings. The summed E-state index contributed by atoms with van der Waals surface area (Å²) < 4.78 is 27.0. The van der Waals surface area contributed by atoms with Crippen LogP contribution >= 0.6 is 0 Å². The molecule has 1 aromatic carbocycles. The van der Waals surface area contributed by atoms with Gasteiger partial charge in [0.1, 0.15) is 0 Å². The van der Waals surface area contributed by atoms with E-state index in [1.165, 1.54) is 28.6 Å². The number of sulfonamides is 1. The quantitative estimate of drug-likeness (QED) is 0.612. The van der Waals surface area contributed by atoms with Crippen LogP contribution < -0.4 is 0 Å². The van der Waals surface area contributed by atoms with Gasteiger partial charge in [-0.3, -0.25) is 15.1 Å². The molecule has 1 atom stereocenters. The Balaban J connectivity index is 1.80. The number of aromatic nitrogens is 1. The van der Waals surface area contributed by atoms with E-state index in [1.54, 1.807) is 12.3 Å². The lowest BCUT2D eigenvalue weighted by atomic mass is 10.1. The maximum Gasteiger partial charge on any atom is 0.269 e. The fraction of sp³-hybridized carbons (Fsp3) is 0.312. The van der Waals surface area contributed by atoms with Gasteiger partial charge in [0.2, 0.25) is 10.0 Å². The van der Waals surface area contributed by atoms with Crippen LogP contribution in [0.15, 0.2) is 48.7 Å². The van der Waals surface area contributed by atoms with Crippen LogP contribution in [-0.2, 0) is 15.8 Å². The van der Waals surface area contributed by atoms with E-state index >= 15 is 0 Å². The molecule has 1 aromatic heterocycles. The first kappa shape index (κ1) is 16.5. The molecule has 1 fully saturated rings. The molecule has 126 valence electrons. The Kier molecular flexibility index (Phi) is 4.59. The molecule has 1 aliphatic rings. The molecule has 0 spiro atoms. The molecule has 1 aliphatic heterocycles. The lowest BCUT2D eigenvalue weighted by Crippen LogP contribution is -2.32. The molecule has 0 N–H and O–H groups in total. The van der Waals surface area contributed by atoms with Crippen molar-refractivity contribution < 1.29 is 13.3 Å². The van der Waals surface area contributed by atoms with E-state index in [1.807, 2.05) is 12.1 Å². The smallest absolute Gasteiger partial charge is 0.260 e. The van der Waals surface area contributed by atoms with Crippen molar-refractivity contribution in [2.45, 2.75) is 24.6 Å². The van der Waals surface area contributed by atoms with E-state index in [9.17, 15) is 18.5 Å². The van der Waals surface area contributed by atoms with Crippen LogP contribution in [0.5, 0.6) is 0 Å². The number of nitro groups is 1. The summed E-state index contributed by atoms with van der Waals surface area (Å²) in [5, 5.41) is 10.7. The van der Waals surface area contributed by atoms with Gasteiger partial charge in [-0.2, -0.15) is 4.31 Å². The second-order valence-electron chi connectivity index (χ2n) is 5.70. The summed E-state index contributed by atoms with van der Waals surface area (Å²) in [6, 6.07) is 10.9. The second kappa shape index (κ2) is 6.66. The molecule has 1 unspecified atom stereocenters. The molecule has 0 amide bonds. The molecule has 2 heterocycles. The minimum Gasteiger partial charge on any atom is -0.260 e. The van der Waals surface area contributed by atoms with Crippen molar-refractivity contribution in [3.63, 3.8) is 0 Å². The van der Waals surface area contributed by atoms with Gasteiger partial charge in [0.05, 0.1) is 22.4 Å². The molecule has 0 radical (unpaired) electrons. The zero-order valence-corrected chi connectivity index (χ0v) is 13.7. The highest BCUT2D eigenvalue weighted by molar-refractivity contribution is 7.88. The van der Waals surface area contributed by atoms with Gasteiger partial charge in [0, 0.05) is 24.9 Å². The summed E-state index contributed by atoms with van der Waals surface area (Å²) >= 11 is 0. The number of hydrogen-bond acceptors (Lipinski definition) is 5. The van der Waals surface area contributed by atoms with Gasteiger partial charge in [-0.25, -0.2) is 8.42 Å². The highest BCUT2D eigenvalue weighted by atomic mass is 32.2. The number of rotatable bonds is 5. The Labute approximate surface area is 140 Å². The summed E-state index contributed by atoms with van der Waals surface area (Å²) in [6.07, 6.45) is 3.20. The third kappa shape index (κ3) is 3.44. The lowest BCUT2D eigenvalue weighted by Gasteiger charge is -2.23. The van der Waals surface area contributed by atoms with Crippen LogP contribution in [0.4, 0.5) is 5.69 Å². The second-order valence-corrected chi connectivity index (χ2v) is 7.62. The van der Waals surface area contributed by atoms with E-state index in [2.05, 4.69) is 4.98 Å². The predicted octanol–water partition coefficient (Wildman–Crippen LogP) is 2.66. The first-order valence-electron chi connectivity index (χ1n) is 7.61. The maximum absolute atomic E-state index is 12.8. The van der Waals surface area contributed by atoms with E-state index in [0.717, 1.165) is 18.5 Å². The molecule has 24 heavy (non-hydrogen) atoms. The normalized spacial score (nSPS) is 18.6. The van der Waals surface area contributed by atoms with Gasteiger partial charge >= 0.3 is 0 Å². The molecule has 8 heteroatoms. The van der Waals surface area contributed by atoms with Gasteiger partial charge < -0.3 is 0 Å². The number of hydrogen-bond donors (Lipinski definition) is 0. The topological polar surface area (TPSA) is 93.4 Å². The predicted molar refractivity (Wildman–Crippen MR) is 88.6 cm³/mol. The summed E-state index contributed by atoms with van der Waals surface area (Å²) in [7, 11) is -3.52. The zero-order chi connectivity index (χ0) is 17.2. The number of nitrogens with zero attached hydrogens (tertiary/aromatic N) is 3. The standard InChI is InChI=1S/C16H17N3O4S/c20-19(21)14-8-6-13(7-9-14)12-24(22,23)18-11-3-5-16(18)15-4-1-2-10-17-15/h1-2,4,6-10,16H,3,5,11-12H2. The summed E-state index contributed by atoms with van der Waals surface area (Å²) in [4.78, 5) is 14.5. The minimum absolute atomic E-state index is 0.0521. The summed E-state index contributed by atoms with van der Waals surface area (Å²) in [5.74, 6) is -0.172. The van der Waals surface area contributed by atoms with E-state index in [4.69, 9.17) is 0 Å². The third-order valence-electron chi connectivity index (χ3n) is 4.09. The summed E-state index contributed by atoms with van der Waals surface area (Å²) in [6.45, 7) is 0.469. The van der Waals surface area contributed by atoms with Crippen molar-refractivity contribution >= 4 is 15.7 Å². The number of pyridine rings is 1. The molecule has 0 saturated carbocycles. The van der Waals surface area contributed by atoms with Crippen LogP contribution in [0, 0.1) is 10.1 Å². The van der Waals surface area contributed by atoms with Crippen molar-refractivity contribution in [2.24, 2.45) is 0 Å². The van der Waals surface area contributed by atoms with Crippen molar-refractivity contribution in [3.8, 4) is 0 Å². The molecule has 0 bridgehead atoms. The Morgan fingerprint density at radius 3 is 2.58 bits per heavy atom. The van der Waals surface area contributed by atoms with Crippen molar-refractivity contribution in [3.05, 3.63) is 70.0 Å². The number of non-ortho nitro benzene ring substituents is 1. The van der Waals surface area contributed by atoms with Crippen LogP contribution in [0.3, 0.4) is 0 Å². The Bertz CT molecular complexity index is 822. The van der Waals surface area contributed by atoms with Crippen molar-refractivity contribution in [2.75, 3.05) is 6.54 Å². The number of nitro benzene ring substituents is 1. The Hall–Kier alpha value is -2.32. The summed E-state index contributed by atoms with van der Waals surface area (Å²) in [5.41, 5.74) is 1.23. The first-order valence-corrected chi connectivity index (χ1v) is 9.22. The van der Waals surface area contributed by atoms with Crippen LogP contribution in [0.2, 0.25) is 0 Å². The van der Waals surface area contributed by atoms with Gasteiger partial charge in [-0.05, 0) is 30.5 Å². The van der Waals surface area contributed by atoms with E-state index in [0.29, 0.717) is 12.1 Å². The Morgan fingerprint density at radius 2 is 1.96 bits per heavy atom. The van der Waals surface area contributed by atoms with E-state index in [-0.39, 0.29) is 17.5 Å². The molecular weight excluding hydrogens is 330 g/mol. The average Bonchev–Trinajstić information content (AvgIpc) is 3.06. The fourth-order valence-electron chi connectivity index (χ4n) is 2.95. The SMILES string of the molecule is O=[N+]([O-])c1ccc(CS(=O)(=O)N2CCCC2c2ccccn2)cc1. The van der Waals surface area contributed by atoms with Crippen LogP contribution in [-0.4, -0.2) is 29.2 Å². The highest BCUT2D eigenvalue weighted by Gasteiger charge is 2.35. The maximum atomic E-state index is 12.8. The zero-order valence-electron chi connectivity index (χ0n) is 12.9. The molecule has 7 nitrogen and oxygen atoms in total. The van der Waals surface area contributed by atoms with E-state index < -0.39 is 14.9 Å². The highest BCUT2D eigenvalue weighted by Crippen LogP contribution is 2.34. The first-order chi connectivity index (χ1) is 11.5. The monoisotopic (exact) mass is 347 g/mol. The fourth-order valence-corrected chi connectivity index (χ4v) is 4.74. The molecular formula is C16H17N3O4S. The average molecular weight is 347 g/mol. The van der Waals surface area contributed by atoms with Gasteiger partial charge in [-0.1, -0.05) is 18.2 Å². The van der Waals surface area contributed by atoms with Crippen LogP contribution in [0.1, 0.15) is 30.1 Å². The molecule has 1 saturated heterocycles. The van der Waals surface area contributed by atoms with Crippen molar-refractivity contribution in [1.82, 2.24) is 9.29 Å². The lowest BCUT2D eigenvalue weighted by molar-refractivity contribution is -0.384. The number of benzene rings is 1. The minimum atomic E-state index is -3.52. The van der Waals surface area contributed by atoms with Gasteiger partial charge in [0.25, 0.3) is 5.69 Å². The molecule has 3 rings (SSSR count). The van der Waals surface area contributed by atoms with Crippen LogP contribution in [0.25, 0.3) is 0 Å². The van der Waals surface area contributed by atoms with Gasteiger partial charge in [0.15, 0.2) is 0 Å². The van der Waals surface area contributed by atoms with Crippen molar-refractivity contribution in [1.29, 1.82) is 0 Å².